The van der Waals surface area contributed by atoms with Gasteiger partial charge in [-0.25, -0.2) is 9.37 Å². The van der Waals surface area contributed by atoms with Gasteiger partial charge in [0.25, 0.3) is 5.91 Å². The Morgan fingerprint density at radius 3 is 2.58 bits per heavy atom. The Morgan fingerprint density at radius 1 is 1.21 bits per heavy atom. The second-order valence-electron chi connectivity index (χ2n) is 3.99. The molecule has 0 saturated carbocycles. The van der Waals surface area contributed by atoms with Crippen LogP contribution in [0.15, 0.2) is 47.1 Å². The van der Waals surface area contributed by atoms with Crippen molar-refractivity contribution in [3.8, 4) is 0 Å². The van der Waals surface area contributed by atoms with Crippen LogP contribution in [0.3, 0.4) is 0 Å². The number of amides is 1. The number of pyridine rings is 1. The zero-order valence-electron chi connectivity index (χ0n) is 10.1. The van der Waals surface area contributed by atoms with E-state index < -0.39 is 0 Å². The van der Waals surface area contributed by atoms with E-state index in [0.29, 0.717) is 18.7 Å². The number of carbonyl (C=O) groups excluding carboxylic acids is 1. The van der Waals surface area contributed by atoms with Crippen LogP contribution in [0.2, 0.25) is 0 Å². The summed E-state index contributed by atoms with van der Waals surface area (Å²) >= 11 is 3.26. The second kappa shape index (κ2) is 6.43. The Hall–Kier alpha value is -1.75. The van der Waals surface area contributed by atoms with Crippen molar-refractivity contribution in [1.82, 2.24) is 10.3 Å². The van der Waals surface area contributed by atoms with Gasteiger partial charge in [0.05, 0.1) is 0 Å². The maximum Gasteiger partial charge on any atom is 0.269 e. The summed E-state index contributed by atoms with van der Waals surface area (Å²) in [5.41, 5.74) is 1.35. The van der Waals surface area contributed by atoms with Crippen LogP contribution >= 0.6 is 15.9 Å². The third-order valence-electron chi connectivity index (χ3n) is 2.57. The number of hydrogen-bond donors (Lipinski definition) is 1. The first-order valence-corrected chi connectivity index (χ1v) is 6.58. The van der Waals surface area contributed by atoms with Crippen LogP contribution in [-0.2, 0) is 6.42 Å². The molecule has 0 unspecified atom stereocenters. The predicted octanol–water partition coefficient (Wildman–Crippen LogP) is 2.96. The van der Waals surface area contributed by atoms with Crippen molar-refractivity contribution in [2.24, 2.45) is 0 Å². The lowest BCUT2D eigenvalue weighted by molar-refractivity contribution is 0.0949. The standard InChI is InChI=1S/C14H12BrFN2O/c15-11-3-6-13(18-9-11)14(19)17-8-7-10-1-4-12(16)5-2-10/h1-6,9H,7-8H2,(H,17,19). The topological polar surface area (TPSA) is 42.0 Å². The summed E-state index contributed by atoms with van der Waals surface area (Å²) in [6.45, 7) is 0.488. The van der Waals surface area contributed by atoms with Gasteiger partial charge in [-0.2, -0.15) is 0 Å². The molecule has 2 rings (SSSR count). The molecule has 0 aliphatic rings. The molecule has 1 aromatic carbocycles. The Labute approximate surface area is 119 Å². The van der Waals surface area contributed by atoms with Gasteiger partial charge in [-0.15, -0.1) is 0 Å². The fourth-order valence-corrected chi connectivity index (χ4v) is 1.81. The van der Waals surface area contributed by atoms with Crippen molar-refractivity contribution in [3.63, 3.8) is 0 Å². The molecule has 5 heteroatoms. The van der Waals surface area contributed by atoms with E-state index in [1.807, 2.05) is 0 Å². The lowest BCUT2D eigenvalue weighted by atomic mass is 10.1. The molecular formula is C14H12BrFN2O. The average Bonchev–Trinajstić information content (AvgIpc) is 2.41. The van der Waals surface area contributed by atoms with Crippen LogP contribution in [0.5, 0.6) is 0 Å². The summed E-state index contributed by atoms with van der Waals surface area (Å²) in [5.74, 6) is -0.471. The number of halogens is 2. The molecule has 0 aliphatic heterocycles. The van der Waals surface area contributed by atoms with Gasteiger partial charge in [0.1, 0.15) is 11.5 Å². The minimum absolute atomic E-state index is 0.213. The number of nitrogens with zero attached hydrogens (tertiary/aromatic N) is 1. The smallest absolute Gasteiger partial charge is 0.269 e. The van der Waals surface area contributed by atoms with E-state index in [1.54, 1.807) is 30.5 Å². The van der Waals surface area contributed by atoms with Gasteiger partial charge in [-0.05, 0) is 52.2 Å². The largest absolute Gasteiger partial charge is 0.350 e. The lowest BCUT2D eigenvalue weighted by Crippen LogP contribution is -2.26. The zero-order chi connectivity index (χ0) is 13.7. The van der Waals surface area contributed by atoms with Crippen molar-refractivity contribution in [2.75, 3.05) is 6.54 Å². The summed E-state index contributed by atoms with van der Waals surface area (Å²) in [4.78, 5) is 15.8. The first-order valence-electron chi connectivity index (χ1n) is 5.79. The SMILES string of the molecule is O=C(NCCc1ccc(F)cc1)c1ccc(Br)cn1. The third-order valence-corrected chi connectivity index (χ3v) is 3.04. The minimum Gasteiger partial charge on any atom is -0.350 e. The molecule has 0 radical (unpaired) electrons. The molecule has 2 aromatic rings. The molecule has 0 fully saturated rings. The maximum absolute atomic E-state index is 12.7. The van der Waals surface area contributed by atoms with E-state index in [2.05, 4.69) is 26.2 Å². The molecule has 1 heterocycles. The monoisotopic (exact) mass is 322 g/mol. The van der Waals surface area contributed by atoms with E-state index in [4.69, 9.17) is 0 Å². The molecule has 0 bridgehead atoms. The van der Waals surface area contributed by atoms with Gasteiger partial charge in [-0.1, -0.05) is 12.1 Å². The van der Waals surface area contributed by atoms with Crippen molar-refractivity contribution in [3.05, 3.63) is 64.1 Å². The first-order chi connectivity index (χ1) is 9.15. The van der Waals surface area contributed by atoms with Gasteiger partial charge in [0, 0.05) is 17.2 Å². The molecule has 98 valence electrons. The highest BCUT2D eigenvalue weighted by Gasteiger charge is 2.05. The quantitative estimate of drug-likeness (QED) is 0.940. The molecule has 1 amide bonds. The molecular weight excluding hydrogens is 311 g/mol. The summed E-state index contributed by atoms with van der Waals surface area (Å²) < 4.78 is 13.5. The van der Waals surface area contributed by atoms with E-state index >= 15 is 0 Å². The van der Waals surface area contributed by atoms with Crippen LogP contribution in [0.25, 0.3) is 0 Å². The average molecular weight is 323 g/mol. The number of aromatic nitrogens is 1. The number of carbonyl (C=O) groups is 1. The summed E-state index contributed by atoms with van der Waals surface area (Å²) in [6, 6.07) is 9.65. The third kappa shape index (κ3) is 4.13. The minimum atomic E-state index is -0.258. The highest BCUT2D eigenvalue weighted by molar-refractivity contribution is 9.10. The Kier molecular flexibility index (Phi) is 4.63. The van der Waals surface area contributed by atoms with E-state index in [0.717, 1.165) is 10.0 Å². The zero-order valence-corrected chi connectivity index (χ0v) is 11.7. The van der Waals surface area contributed by atoms with Crippen molar-refractivity contribution in [2.45, 2.75) is 6.42 Å². The lowest BCUT2D eigenvalue weighted by Gasteiger charge is -2.05. The van der Waals surface area contributed by atoms with Gasteiger partial charge in [-0.3, -0.25) is 4.79 Å². The van der Waals surface area contributed by atoms with Crippen LogP contribution in [0.4, 0.5) is 4.39 Å². The number of nitrogens with one attached hydrogen (secondary N) is 1. The van der Waals surface area contributed by atoms with Crippen LogP contribution < -0.4 is 5.32 Å². The van der Waals surface area contributed by atoms with Gasteiger partial charge >= 0.3 is 0 Å². The van der Waals surface area contributed by atoms with Gasteiger partial charge in [0.2, 0.25) is 0 Å². The van der Waals surface area contributed by atoms with Gasteiger partial charge < -0.3 is 5.32 Å². The van der Waals surface area contributed by atoms with Crippen LogP contribution in [-0.4, -0.2) is 17.4 Å². The maximum atomic E-state index is 12.7. The van der Waals surface area contributed by atoms with E-state index in [-0.39, 0.29) is 11.7 Å². The van der Waals surface area contributed by atoms with Crippen molar-refractivity contribution in [1.29, 1.82) is 0 Å². The van der Waals surface area contributed by atoms with E-state index in [9.17, 15) is 9.18 Å². The van der Waals surface area contributed by atoms with Crippen molar-refractivity contribution < 1.29 is 9.18 Å². The molecule has 3 nitrogen and oxygen atoms in total. The van der Waals surface area contributed by atoms with Crippen LogP contribution in [0.1, 0.15) is 16.1 Å². The fourth-order valence-electron chi connectivity index (χ4n) is 1.57. The molecule has 0 saturated heterocycles. The fraction of sp³-hybridized carbons (Fsp3) is 0.143. The number of rotatable bonds is 4. The Bertz CT molecular complexity index is 555. The molecule has 0 spiro atoms. The Morgan fingerprint density at radius 2 is 1.95 bits per heavy atom. The molecule has 19 heavy (non-hydrogen) atoms. The predicted molar refractivity (Wildman–Crippen MR) is 74.4 cm³/mol. The van der Waals surface area contributed by atoms with Crippen LogP contribution in [0, 0.1) is 5.82 Å². The second-order valence-corrected chi connectivity index (χ2v) is 4.91. The highest BCUT2D eigenvalue weighted by atomic mass is 79.9. The summed E-state index contributed by atoms with van der Waals surface area (Å²) in [5, 5.41) is 2.77. The molecule has 0 aliphatic carbocycles. The summed E-state index contributed by atoms with van der Waals surface area (Å²) in [7, 11) is 0. The van der Waals surface area contributed by atoms with E-state index in [1.165, 1.54) is 12.1 Å². The van der Waals surface area contributed by atoms with Gasteiger partial charge in [0.15, 0.2) is 0 Å². The normalized spacial score (nSPS) is 10.2. The Balaban J connectivity index is 1.84. The first kappa shape index (κ1) is 13.7. The molecule has 0 atom stereocenters. The van der Waals surface area contributed by atoms with Crippen molar-refractivity contribution >= 4 is 21.8 Å². The highest BCUT2D eigenvalue weighted by Crippen LogP contribution is 2.07. The molecule has 1 N–H and O–H groups in total. The summed E-state index contributed by atoms with van der Waals surface area (Å²) in [6.07, 6.45) is 2.23. The molecule has 1 aromatic heterocycles. The number of benzene rings is 1. The number of hydrogen-bond acceptors (Lipinski definition) is 2.